The first kappa shape index (κ1) is 12.1. The third-order valence-corrected chi connectivity index (χ3v) is 3.32. The number of nitrogens with zero attached hydrogens (tertiary/aromatic N) is 1. The van der Waals surface area contributed by atoms with Gasteiger partial charge < -0.3 is 0 Å². The van der Waals surface area contributed by atoms with Crippen molar-refractivity contribution in [3.63, 3.8) is 0 Å². The van der Waals surface area contributed by atoms with Gasteiger partial charge in [-0.05, 0) is 24.5 Å². The summed E-state index contributed by atoms with van der Waals surface area (Å²) in [4.78, 5) is 13.9. The number of carbonyl (C=O) groups is 1. The molecule has 0 aliphatic carbocycles. The average Bonchev–Trinajstić information content (AvgIpc) is 2.73. The van der Waals surface area contributed by atoms with E-state index in [2.05, 4.69) is 36.1 Å². The molecule has 1 aliphatic heterocycles. The number of benzene rings is 1. The Morgan fingerprint density at radius 1 is 1.24 bits per heavy atom. The molecule has 17 heavy (non-hydrogen) atoms. The highest BCUT2D eigenvalue weighted by Crippen LogP contribution is 2.22. The summed E-state index contributed by atoms with van der Waals surface area (Å²) >= 11 is 0. The Morgan fingerprint density at radius 3 is 2.47 bits per heavy atom. The fraction of sp³-hybridized carbons (Fsp3) is 0.400. The number of rotatable bonds is 4. The van der Waals surface area contributed by atoms with Crippen molar-refractivity contribution in [2.45, 2.75) is 26.8 Å². The van der Waals surface area contributed by atoms with E-state index >= 15 is 0 Å². The maximum Gasteiger partial charge on any atom is 0.157 e. The Bertz CT molecular complexity index is 433. The Balaban J connectivity index is 2.03. The first-order valence-electron chi connectivity index (χ1n) is 6.18. The molecule has 0 fully saturated rings. The number of hydrogen-bond acceptors (Lipinski definition) is 2. The lowest BCUT2D eigenvalue weighted by atomic mass is 10.1. The minimum Gasteiger partial charge on any atom is -0.295 e. The highest BCUT2D eigenvalue weighted by molar-refractivity contribution is 5.95. The quantitative estimate of drug-likeness (QED) is 0.791. The molecule has 1 aromatic carbocycles. The van der Waals surface area contributed by atoms with E-state index in [1.54, 1.807) is 6.92 Å². The Labute approximate surface area is 103 Å². The minimum absolute atomic E-state index is 0.234. The van der Waals surface area contributed by atoms with Crippen LogP contribution in [0.5, 0.6) is 0 Å². The van der Waals surface area contributed by atoms with Crippen LogP contribution >= 0.6 is 0 Å². The summed E-state index contributed by atoms with van der Waals surface area (Å²) in [5, 5.41) is 0. The van der Waals surface area contributed by atoms with Gasteiger partial charge in [0, 0.05) is 25.2 Å². The third kappa shape index (κ3) is 2.83. The summed E-state index contributed by atoms with van der Waals surface area (Å²) in [5.41, 5.74) is 3.66. The van der Waals surface area contributed by atoms with Crippen molar-refractivity contribution in [3.8, 4) is 0 Å². The number of ketones is 1. The maximum atomic E-state index is 11.5. The standard InChI is InChI=1S/C15H19NO/c1-3-14-10-16(11-15(14)12(2)17)9-13-7-5-4-6-8-13/h4-8H,3,9-11H2,1-2H3. The molecule has 0 bridgehead atoms. The number of hydrogen-bond donors (Lipinski definition) is 0. The lowest BCUT2D eigenvalue weighted by molar-refractivity contribution is -0.113. The fourth-order valence-electron chi connectivity index (χ4n) is 2.40. The maximum absolute atomic E-state index is 11.5. The van der Waals surface area contributed by atoms with Crippen LogP contribution in [0.25, 0.3) is 0 Å². The van der Waals surface area contributed by atoms with Crippen molar-refractivity contribution in [1.29, 1.82) is 0 Å². The van der Waals surface area contributed by atoms with Crippen LogP contribution in [0.3, 0.4) is 0 Å². The molecule has 0 spiro atoms. The van der Waals surface area contributed by atoms with Gasteiger partial charge in [0.1, 0.15) is 0 Å². The molecule has 0 atom stereocenters. The van der Waals surface area contributed by atoms with Crippen LogP contribution in [-0.2, 0) is 11.3 Å². The molecular weight excluding hydrogens is 210 g/mol. The van der Waals surface area contributed by atoms with Gasteiger partial charge >= 0.3 is 0 Å². The van der Waals surface area contributed by atoms with Gasteiger partial charge in [0.25, 0.3) is 0 Å². The van der Waals surface area contributed by atoms with Crippen LogP contribution in [0.1, 0.15) is 25.8 Å². The van der Waals surface area contributed by atoms with E-state index < -0.39 is 0 Å². The van der Waals surface area contributed by atoms with Crippen LogP contribution in [0.15, 0.2) is 41.5 Å². The van der Waals surface area contributed by atoms with Gasteiger partial charge in [0.2, 0.25) is 0 Å². The summed E-state index contributed by atoms with van der Waals surface area (Å²) in [5.74, 6) is 0.234. The molecule has 90 valence electrons. The molecule has 1 aromatic rings. The van der Waals surface area contributed by atoms with Crippen LogP contribution in [-0.4, -0.2) is 23.8 Å². The molecule has 0 aromatic heterocycles. The fourth-order valence-corrected chi connectivity index (χ4v) is 2.40. The third-order valence-electron chi connectivity index (χ3n) is 3.32. The molecule has 0 amide bonds. The highest BCUT2D eigenvalue weighted by atomic mass is 16.1. The molecule has 2 nitrogen and oxygen atoms in total. The first-order chi connectivity index (χ1) is 8.20. The molecule has 0 unspecified atom stereocenters. The van der Waals surface area contributed by atoms with Gasteiger partial charge in [0.05, 0.1) is 0 Å². The van der Waals surface area contributed by atoms with Gasteiger partial charge in [-0.25, -0.2) is 0 Å². The topological polar surface area (TPSA) is 20.3 Å². The lowest BCUT2D eigenvalue weighted by Crippen LogP contribution is -2.21. The summed E-state index contributed by atoms with van der Waals surface area (Å²) in [6, 6.07) is 10.4. The smallest absolute Gasteiger partial charge is 0.157 e. The van der Waals surface area contributed by atoms with Crippen molar-refractivity contribution in [2.24, 2.45) is 0 Å². The molecule has 1 heterocycles. The molecule has 2 heteroatoms. The predicted molar refractivity (Wildman–Crippen MR) is 69.7 cm³/mol. The van der Waals surface area contributed by atoms with E-state index in [0.717, 1.165) is 31.6 Å². The SMILES string of the molecule is CCC1=C(C(C)=O)CN(Cc2ccccc2)C1. The molecular formula is C15H19NO. The van der Waals surface area contributed by atoms with Crippen LogP contribution in [0, 0.1) is 0 Å². The van der Waals surface area contributed by atoms with E-state index in [9.17, 15) is 4.79 Å². The second-order valence-corrected chi connectivity index (χ2v) is 4.62. The highest BCUT2D eigenvalue weighted by Gasteiger charge is 2.23. The molecule has 1 aliphatic rings. The van der Waals surface area contributed by atoms with Crippen molar-refractivity contribution >= 4 is 5.78 Å². The van der Waals surface area contributed by atoms with E-state index in [0.29, 0.717) is 0 Å². The molecule has 0 N–H and O–H groups in total. The molecule has 0 saturated carbocycles. The van der Waals surface area contributed by atoms with E-state index in [-0.39, 0.29) is 5.78 Å². The monoisotopic (exact) mass is 229 g/mol. The van der Waals surface area contributed by atoms with E-state index in [4.69, 9.17) is 0 Å². The van der Waals surface area contributed by atoms with Crippen molar-refractivity contribution < 1.29 is 4.79 Å². The average molecular weight is 229 g/mol. The van der Waals surface area contributed by atoms with Gasteiger partial charge in [0.15, 0.2) is 5.78 Å². The first-order valence-corrected chi connectivity index (χ1v) is 6.18. The Hall–Kier alpha value is -1.41. The van der Waals surface area contributed by atoms with Gasteiger partial charge in [-0.15, -0.1) is 0 Å². The second kappa shape index (κ2) is 5.28. The van der Waals surface area contributed by atoms with Crippen molar-refractivity contribution in [1.82, 2.24) is 4.90 Å². The lowest BCUT2D eigenvalue weighted by Gasteiger charge is -2.15. The van der Waals surface area contributed by atoms with Crippen molar-refractivity contribution in [3.05, 3.63) is 47.0 Å². The van der Waals surface area contributed by atoms with Gasteiger partial charge in [-0.2, -0.15) is 0 Å². The number of Topliss-reactive ketones (excluding diaryl/α,β-unsaturated/α-hetero) is 1. The summed E-state index contributed by atoms with van der Waals surface area (Å²) in [6.07, 6.45) is 0.986. The van der Waals surface area contributed by atoms with E-state index in [1.165, 1.54) is 11.1 Å². The summed E-state index contributed by atoms with van der Waals surface area (Å²) in [6.45, 7) is 6.50. The van der Waals surface area contributed by atoms with Crippen LogP contribution < -0.4 is 0 Å². The summed E-state index contributed by atoms with van der Waals surface area (Å²) in [7, 11) is 0. The normalized spacial score (nSPS) is 16.6. The summed E-state index contributed by atoms with van der Waals surface area (Å²) < 4.78 is 0. The molecule has 0 saturated heterocycles. The zero-order valence-corrected chi connectivity index (χ0v) is 10.6. The van der Waals surface area contributed by atoms with Crippen LogP contribution in [0.2, 0.25) is 0 Å². The van der Waals surface area contributed by atoms with Gasteiger partial charge in [-0.1, -0.05) is 37.3 Å². The van der Waals surface area contributed by atoms with E-state index in [1.807, 2.05) is 6.07 Å². The Morgan fingerprint density at radius 2 is 1.94 bits per heavy atom. The molecule has 2 rings (SSSR count). The minimum atomic E-state index is 0.234. The van der Waals surface area contributed by atoms with Crippen molar-refractivity contribution in [2.75, 3.05) is 13.1 Å². The largest absolute Gasteiger partial charge is 0.295 e. The second-order valence-electron chi connectivity index (χ2n) is 4.62. The number of carbonyl (C=O) groups excluding carboxylic acids is 1. The molecule has 0 radical (unpaired) electrons. The van der Waals surface area contributed by atoms with Crippen LogP contribution in [0.4, 0.5) is 0 Å². The Kier molecular flexibility index (Phi) is 3.75. The van der Waals surface area contributed by atoms with Gasteiger partial charge in [-0.3, -0.25) is 9.69 Å². The zero-order valence-electron chi connectivity index (χ0n) is 10.6. The zero-order chi connectivity index (χ0) is 12.3. The predicted octanol–water partition coefficient (Wildman–Crippen LogP) is 2.80.